The molecule has 4 heteroatoms. The van der Waals surface area contributed by atoms with Crippen LogP contribution in [-0.4, -0.2) is 11.7 Å². The topological polar surface area (TPSA) is 69.1 Å². The van der Waals surface area contributed by atoms with Gasteiger partial charge >= 0.3 is 0 Å². The molecule has 1 aromatic carbocycles. The zero-order valence-corrected chi connectivity index (χ0v) is 10.5. The second-order valence-electron chi connectivity index (χ2n) is 3.94. The summed E-state index contributed by atoms with van der Waals surface area (Å²) in [4.78, 5) is 12.1. The molecule has 4 N–H and O–H groups in total. The van der Waals surface area contributed by atoms with E-state index in [1.807, 2.05) is 6.07 Å². The van der Waals surface area contributed by atoms with Crippen LogP contribution in [-0.2, 0) is 0 Å². The Morgan fingerprint density at radius 3 is 2.75 bits per heavy atom. The standard InChI is InChI=1S/C12H18N2OS/c1-3-8(2)7-16-9-4-5-11(13)10(6-9)12(14)15/h4-6,8H,3,7,13H2,1-2H3,(H2,14,15). The first-order valence-corrected chi connectivity index (χ1v) is 6.35. The van der Waals surface area contributed by atoms with Gasteiger partial charge in [0.2, 0.25) is 0 Å². The molecule has 0 heterocycles. The van der Waals surface area contributed by atoms with Crippen LogP contribution in [0.3, 0.4) is 0 Å². The molecule has 0 bridgehead atoms. The van der Waals surface area contributed by atoms with Gasteiger partial charge in [-0.25, -0.2) is 0 Å². The Balaban J connectivity index is 2.75. The molecule has 1 amide bonds. The number of nitrogen functional groups attached to an aromatic ring is 1. The van der Waals surface area contributed by atoms with Crippen molar-refractivity contribution in [2.24, 2.45) is 11.7 Å². The summed E-state index contributed by atoms with van der Waals surface area (Å²) >= 11 is 1.73. The van der Waals surface area contributed by atoms with Crippen LogP contribution in [0.2, 0.25) is 0 Å². The molecule has 16 heavy (non-hydrogen) atoms. The smallest absolute Gasteiger partial charge is 0.250 e. The lowest BCUT2D eigenvalue weighted by atomic mass is 10.2. The molecule has 1 unspecified atom stereocenters. The third kappa shape index (κ3) is 3.45. The summed E-state index contributed by atoms with van der Waals surface area (Å²) in [5, 5.41) is 0. The number of thioether (sulfide) groups is 1. The van der Waals surface area contributed by atoms with E-state index in [9.17, 15) is 4.79 Å². The molecule has 1 aromatic rings. The van der Waals surface area contributed by atoms with Gasteiger partial charge in [0.25, 0.3) is 5.91 Å². The van der Waals surface area contributed by atoms with Crippen molar-refractivity contribution in [3.63, 3.8) is 0 Å². The van der Waals surface area contributed by atoms with Gasteiger partial charge in [-0.3, -0.25) is 4.79 Å². The molecule has 3 nitrogen and oxygen atoms in total. The Kier molecular flexibility index (Phi) is 4.68. The number of hydrogen-bond donors (Lipinski definition) is 2. The normalized spacial score (nSPS) is 12.4. The summed E-state index contributed by atoms with van der Waals surface area (Å²) in [5.74, 6) is 1.24. The fraction of sp³-hybridized carbons (Fsp3) is 0.417. The van der Waals surface area contributed by atoms with Crippen LogP contribution in [0.25, 0.3) is 0 Å². The minimum absolute atomic E-state index is 0.411. The van der Waals surface area contributed by atoms with Crippen molar-refractivity contribution in [1.82, 2.24) is 0 Å². The van der Waals surface area contributed by atoms with Crippen LogP contribution in [0.5, 0.6) is 0 Å². The van der Waals surface area contributed by atoms with E-state index in [0.29, 0.717) is 17.2 Å². The van der Waals surface area contributed by atoms with Crippen molar-refractivity contribution in [3.8, 4) is 0 Å². The monoisotopic (exact) mass is 238 g/mol. The summed E-state index contributed by atoms with van der Waals surface area (Å²) in [6.07, 6.45) is 1.16. The van der Waals surface area contributed by atoms with Crippen molar-refractivity contribution in [2.45, 2.75) is 25.2 Å². The van der Waals surface area contributed by atoms with Crippen LogP contribution in [0.4, 0.5) is 5.69 Å². The Morgan fingerprint density at radius 1 is 1.50 bits per heavy atom. The van der Waals surface area contributed by atoms with Gasteiger partial charge in [-0.15, -0.1) is 11.8 Å². The van der Waals surface area contributed by atoms with Crippen LogP contribution in [0, 0.1) is 5.92 Å². The largest absolute Gasteiger partial charge is 0.398 e. The van der Waals surface area contributed by atoms with Crippen LogP contribution in [0.1, 0.15) is 30.6 Å². The highest BCUT2D eigenvalue weighted by Crippen LogP contribution is 2.25. The van der Waals surface area contributed by atoms with E-state index in [4.69, 9.17) is 11.5 Å². The fourth-order valence-corrected chi connectivity index (χ4v) is 2.27. The summed E-state index contributed by atoms with van der Waals surface area (Å²) in [5.41, 5.74) is 11.8. The molecule has 0 saturated heterocycles. The highest BCUT2D eigenvalue weighted by molar-refractivity contribution is 7.99. The zero-order valence-electron chi connectivity index (χ0n) is 9.69. The SMILES string of the molecule is CCC(C)CSc1ccc(N)c(C(N)=O)c1. The van der Waals surface area contributed by atoms with Gasteiger partial charge in [0.05, 0.1) is 5.56 Å². The van der Waals surface area contributed by atoms with E-state index in [2.05, 4.69) is 13.8 Å². The lowest BCUT2D eigenvalue weighted by molar-refractivity contribution is 0.100. The Labute approximate surface area is 101 Å². The summed E-state index contributed by atoms with van der Waals surface area (Å²) in [7, 11) is 0. The first kappa shape index (κ1) is 12.9. The van der Waals surface area contributed by atoms with Crippen molar-refractivity contribution >= 4 is 23.4 Å². The average Bonchev–Trinajstić information content (AvgIpc) is 2.27. The number of benzene rings is 1. The first-order chi connectivity index (χ1) is 7.54. The molecule has 0 spiro atoms. The third-order valence-electron chi connectivity index (χ3n) is 2.52. The average molecular weight is 238 g/mol. The predicted molar refractivity (Wildman–Crippen MR) is 69.6 cm³/mol. The van der Waals surface area contributed by atoms with E-state index in [0.717, 1.165) is 17.1 Å². The summed E-state index contributed by atoms with van der Waals surface area (Å²) in [6.45, 7) is 4.38. The number of nitrogens with two attached hydrogens (primary N) is 2. The van der Waals surface area contributed by atoms with Crippen molar-refractivity contribution < 1.29 is 4.79 Å². The van der Waals surface area contributed by atoms with Gasteiger partial charge in [0, 0.05) is 16.3 Å². The lowest BCUT2D eigenvalue weighted by Gasteiger charge is -2.09. The number of anilines is 1. The van der Waals surface area contributed by atoms with Crippen molar-refractivity contribution in [1.29, 1.82) is 0 Å². The predicted octanol–water partition coefficient (Wildman–Crippen LogP) is 2.51. The van der Waals surface area contributed by atoms with Gasteiger partial charge in [-0.1, -0.05) is 20.3 Å². The minimum atomic E-state index is -0.469. The van der Waals surface area contributed by atoms with E-state index in [1.165, 1.54) is 0 Å². The maximum absolute atomic E-state index is 11.1. The Hall–Kier alpha value is -1.16. The third-order valence-corrected chi connectivity index (χ3v) is 3.84. The number of carbonyl (C=O) groups excluding carboxylic acids is 1. The highest BCUT2D eigenvalue weighted by atomic mass is 32.2. The van der Waals surface area contributed by atoms with E-state index < -0.39 is 5.91 Å². The Bertz CT molecular complexity index is 379. The molecule has 0 aliphatic heterocycles. The molecular weight excluding hydrogens is 220 g/mol. The maximum Gasteiger partial charge on any atom is 0.250 e. The molecule has 1 rings (SSSR count). The van der Waals surface area contributed by atoms with E-state index in [1.54, 1.807) is 23.9 Å². The quantitative estimate of drug-likeness (QED) is 0.611. The highest BCUT2D eigenvalue weighted by Gasteiger charge is 2.07. The van der Waals surface area contributed by atoms with Crippen LogP contribution < -0.4 is 11.5 Å². The van der Waals surface area contributed by atoms with E-state index >= 15 is 0 Å². The molecule has 88 valence electrons. The van der Waals surface area contributed by atoms with Gasteiger partial charge in [0.15, 0.2) is 0 Å². The van der Waals surface area contributed by atoms with Crippen LogP contribution >= 0.6 is 11.8 Å². The molecule has 0 radical (unpaired) electrons. The van der Waals surface area contributed by atoms with Crippen LogP contribution in [0.15, 0.2) is 23.1 Å². The number of hydrogen-bond acceptors (Lipinski definition) is 3. The van der Waals surface area contributed by atoms with Gasteiger partial charge in [-0.2, -0.15) is 0 Å². The second kappa shape index (κ2) is 5.80. The van der Waals surface area contributed by atoms with Crippen molar-refractivity contribution in [3.05, 3.63) is 23.8 Å². The molecule has 0 fully saturated rings. The maximum atomic E-state index is 11.1. The molecule has 0 aliphatic carbocycles. The number of rotatable bonds is 5. The van der Waals surface area contributed by atoms with E-state index in [-0.39, 0.29) is 0 Å². The lowest BCUT2D eigenvalue weighted by Crippen LogP contribution is -2.13. The molecule has 0 saturated carbocycles. The first-order valence-electron chi connectivity index (χ1n) is 5.36. The summed E-state index contributed by atoms with van der Waals surface area (Å²) in [6, 6.07) is 5.43. The Morgan fingerprint density at radius 2 is 2.19 bits per heavy atom. The number of amides is 1. The number of carbonyl (C=O) groups is 1. The van der Waals surface area contributed by atoms with Crippen molar-refractivity contribution in [2.75, 3.05) is 11.5 Å². The number of primary amides is 1. The second-order valence-corrected chi connectivity index (χ2v) is 5.03. The molecular formula is C12H18N2OS. The molecule has 0 aromatic heterocycles. The fourth-order valence-electron chi connectivity index (χ4n) is 1.19. The zero-order chi connectivity index (χ0) is 12.1. The van der Waals surface area contributed by atoms with Gasteiger partial charge in [-0.05, 0) is 24.1 Å². The van der Waals surface area contributed by atoms with Gasteiger partial charge < -0.3 is 11.5 Å². The molecule has 1 atom stereocenters. The minimum Gasteiger partial charge on any atom is -0.398 e. The summed E-state index contributed by atoms with van der Waals surface area (Å²) < 4.78 is 0. The molecule has 0 aliphatic rings. The van der Waals surface area contributed by atoms with Gasteiger partial charge in [0.1, 0.15) is 0 Å².